The predicted molar refractivity (Wildman–Crippen MR) is 103 cm³/mol. The van der Waals surface area contributed by atoms with Crippen LogP contribution in [0.4, 0.5) is 11.4 Å². The minimum absolute atomic E-state index is 0.0331. The van der Waals surface area contributed by atoms with Crippen molar-refractivity contribution >= 4 is 62.5 Å². The zero-order valence-corrected chi connectivity index (χ0v) is 15.4. The Morgan fingerprint density at radius 3 is 2.58 bits per heavy atom. The number of nitrogens with one attached hydrogen (secondary N) is 1. The standard InChI is InChI=1S/C17H10BrN3O4S/c18-11-4-2-5-12(9-11)20-16(23)14(15(22)19-17(20)26)8-10-3-1-6-13(7-10)21(24)25/h1-9H,(H,19,22,26)/b14-8+. The van der Waals surface area contributed by atoms with Gasteiger partial charge in [-0.25, -0.2) is 0 Å². The van der Waals surface area contributed by atoms with Gasteiger partial charge in [-0.1, -0.05) is 34.1 Å². The van der Waals surface area contributed by atoms with Crippen molar-refractivity contribution in [3.8, 4) is 0 Å². The molecule has 9 heteroatoms. The molecule has 1 saturated heterocycles. The summed E-state index contributed by atoms with van der Waals surface area (Å²) in [5, 5.41) is 13.3. The number of rotatable bonds is 3. The molecule has 0 aromatic heterocycles. The van der Waals surface area contributed by atoms with E-state index in [1.54, 1.807) is 30.3 Å². The highest BCUT2D eigenvalue weighted by atomic mass is 79.9. The van der Waals surface area contributed by atoms with Gasteiger partial charge in [0.1, 0.15) is 5.57 Å². The van der Waals surface area contributed by atoms with Crippen LogP contribution in [0.2, 0.25) is 0 Å². The number of non-ortho nitro benzene ring substituents is 1. The van der Waals surface area contributed by atoms with Gasteiger partial charge in [-0.05, 0) is 42.1 Å². The van der Waals surface area contributed by atoms with Crippen LogP contribution in [0.3, 0.4) is 0 Å². The minimum Gasteiger partial charge on any atom is -0.298 e. The monoisotopic (exact) mass is 431 g/mol. The maximum atomic E-state index is 12.8. The third-order valence-corrected chi connectivity index (χ3v) is 4.34. The number of halogens is 1. The lowest BCUT2D eigenvalue weighted by Crippen LogP contribution is -2.54. The highest BCUT2D eigenvalue weighted by Gasteiger charge is 2.34. The molecule has 0 saturated carbocycles. The SMILES string of the molecule is O=C1NC(=S)N(c2cccc(Br)c2)C(=O)/C1=C/c1cccc([N+](=O)[O-])c1. The Hall–Kier alpha value is -2.91. The number of carbonyl (C=O) groups is 2. The molecule has 0 atom stereocenters. The second-order valence-electron chi connectivity index (χ2n) is 5.29. The average Bonchev–Trinajstić information content (AvgIpc) is 2.59. The molecule has 0 spiro atoms. The Morgan fingerprint density at radius 2 is 1.88 bits per heavy atom. The summed E-state index contributed by atoms with van der Waals surface area (Å²) in [5.41, 5.74) is 0.542. The van der Waals surface area contributed by atoms with Gasteiger partial charge >= 0.3 is 0 Å². The normalized spacial score (nSPS) is 16.0. The zero-order chi connectivity index (χ0) is 18.8. The second-order valence-corrected chi connectivity index (χ2v) is 6.59. The van der Waals surface area contributed by atoms with Gasteiger partial charge in [-0.3, -0.25) is 29.9 Å². The Morgan fingerprint density at radius 1 is 1.15 bits per heavy atom. The number of hydrogen-bond donors (Lipinski definition) is 1. The van der Waals surface area contributed by atoms with Gasteiger partial charge in [0, 0.05) is 16.6 Å². The van der Waals surface area contributed by atoms with Crippen LogP contribution in [0.1, 0.15) is 5.56 Å². The summed E-state index contributed by atoms with van der Waals surface area (Å²) in [4.78, 5) is 36.6. The number of nitro benzene ring substituents is 1. The molecular weight excluding hydrogens is 422 g/mol. The van der Waals surface area contributed by atoms with E-state index in [1.807, 2.05) is 0 Å². The summed E-state index contributed by atoms with van der Waals surface area (Å²) in [6.07, 6.45) is 1.30. The molecule has 2 amide bonds. The van der Waals surface area contributed by atoms with Crippen molar-refractivity contribution in [1.29, 1.82) is 0 Å². The first-order chi connectivity index (χ1) is 12.4. The van der Waals surface area contributed by atoms with E-state index in [0.29, 0.717) is 11.3 Å². The topological polar surface area (TPSA) is 92.6 Å². The molecule has 26 heavy (non-hydrogen) atoms. The smallest absolute Gasteiger partial charge is 0.270 e. The van der Waals surface area contributed by atoms with Crippen LogP contribution in [-0.2, 0) is 9.59 Å². The van der Waals surface area contributed by atoms with Crippen LogP contribution < -0.4 is 10.2 Å². The lowest BCUT2D eigenvalue weighted by Gasteiger charge is -2.29. The van der Waals surface area contributed by atoms with Crippen molar-refractivity contribution in [2.45, 2.75) is 0 Å². The van der Waals surface area contributed by atoms with Crippen molar-refractivity contribution in [3.63, 3.8) is 0 Å². The van der Waals surface area contributed by atoms with Gasteiger partial charge in [-0.2, -0.15) is 0 Å². The van der Waals surface area contributed by atoms with E-state index in [1.165, 1.54) is 29.2 Å². The molecule has 0 aliphatic carbocycles. The summed E-state index contributed by atoms with van der Waals surface area (Å²) < 4.78 is 0.742. The van der Waals surface area contributed by atoms with E-state index in [-0.39, 0.29) is 16.4 Å². The van der Waals surface area contributed by atoms with Crippen LogP contribution in [0.5, 0.6) is 0 Å². The van der Waals surface area contributed by atoms with Crippen LogP contribution in [0.25, 0.3) is 6.08 Å². The van der Waals surface area contributed by atoms with E-state index < -0.39 is 16.7 Å². The molecule has 1 fully saturated rings. The molecule has 130 valence electrons. The largest absolute Gasteiger partial charge is 0.298 e. The van der Waals surface area contributed by atoms with Gasteiger partial charge in [0.25, 0.3) is 17.5 Å². The number of thiocarbonyl (C=S) groups is 1. The third kappa shape index (κ3) is 3.53. The third-order valence-electron chi connectivity index (χ3n) is 3.56. The summed E-state index contributed by atoms with van der Waals surface area (Å²) in [6.45, 7) is 0. The van der Waals surface area contributed by atoms with E-state index >= 15 is 0 Å². The highest BCUT2D eigenvalue weighted by molar-refractivity contribution is 9.10. The molecular formula is C17H10BrN3O4S. The Labute approximate surface area is 161 Å². The molecule has 7 nitrogen and oxygen atoms in total. The summed E-state index contributed by atoms with van der Waals surface area (Å²) in [5.74, 6) is -1.26. The summed E-state index contributed by atoms with van der Waals surface area (Å²) in [6, 6.07) is 12.5. The maximum absolute atomic E-state index is 12.8. The number of amides is 2. The molecule has 2 aromatic carbocycles. The Balaban J connectivity index is 2.03. The van der Waals surface area contributed by atoms with Crippen LogP contribution in [0, 0.1) is 10.1 Å². The number of hydrogen-bond acceptors (Lipinski definition) is 5. The highest BCUT2D eigenvalue weighted by Crippen LogP contribution is 2.25. The maximum Gasteiger partial charge on any atom is 0.270 e. The molecule has 0 unspecified atom stereocenters. The molecule has 0 bridgehead atoms. The Bertz CT molecular complexity index is 989. The molecule has 3 rings (SSSR count). The quantitative estimate of drug-likeness (QED) is 0.265. The second kappa shape index (κ2) is 7.14. The first-order valence-electron chi connectivity index (χ1n) is 7.28. The van der Waals surface area contributed by atoms with Crippen LogP contribution in [-0.4, -0.2) is 21.9 Å². The van der Waals surface area contributed by atoms with E-state index in [2.05, 4.69) is 21.2 Å². The predicted octanol–water partition coefficient (Wildman–Crippen LogP) is 3.19. The fourth-order valence-corrected chi connectivity index (χ4v) is 3.07. The number of nitro groups is 1. The number of nitrogens with zero attached hydrogens (tertiary/aromatic N) is 2. The summed E-state index contributed by atoms with van der Waals surface area (Å²) in [7, 11) is 0. The van der Waals surface area contributed by atoms with Gasteiger partial charge in [0.05, 0.1) is 10.6 Å². The van der Waals surface area contributed by atoms with E-state index in [0.717, 1.165) is 4.47 Å². The van der Waals surface area contributed by atoms with Gasteiger partial charge < -0.3 is 0 Å². The number of anilines is 1. The number of carbonyl (C=O) groups excluding carboxylic acids is 2. The lowest BCUT2D eigenvalue weighted by atomic mass is 10.1. The zero-order valence-electron chi connectivity index (χ0n) is 13.0. The van der Waals surface area contributed by atoms with Gasteiger partial charge in [0.15, 0.2) is 5.11 Å². The molecule has 0 radical (unpaired) electrons. The molecule has 2 aromatic rings. The molecule has 1 aliphatic heterocycles. The fraction of sp³-hybridized carbons (Fsp3) is 0. The molecule has 1 heterocycles. The van der Waals surface area contributed by atoms with E-state index in [9.17, 15) is 19.7 Å². The van der Waals surface area contributed by atoms with Crippen molar-refractivity contribution < 1.29 is 14.5 Å². The van der Waals surface area contributed by atoms with Crippen molar-refractivity contribution in [2.75, 3.05) is 4.90 Å². The number of benzene rings is 2. The fourth-order valence-electron chi connectivity index (χ4n) is 2.40. The van der Waals surface area contributed by atoms with Crippen molar-refractivity contribution in [1.82, 2.24) is 5.32 Å². The first kappa shape index (κ1) is 17.9. The lowest BCUT2D eigenvalue weighted by molar-refractivity contribution is -0.384. The molecule has 1 aliphatic rings. The van der Waals surface area contributed by atoms with Crippen molar-refractivity contribution in [2.24, 2.45) is 0 Å². The minimum atomic E-state index is -0.655. The first-order valence-corrected chi connectivity index (χ1v) is 8.48. The Kier molecular flexibility index (Phi) is 4.92. The van der Waals surface area contributed by atoms with Gasteiger partial charge in [-0.15, -0.1) is 0 Å². The summed E-state index contributed by atoms with van der Waals surface area (Å²) >= 11 is 8.44. The average molecular weight is 432 g/mol. The molecule has 1 N–H and O–H groups in total. The van der Waals surface area contributed by atoms with Crippen molar-refractivity contribution in [3.05, 3.63) is 74.3 Å². The van der Waals surface area contributed by atoms with Gasteiger partial charge in [0.2, 0.25) is 0 Å². The van der Waals surface area contributed by atoms with Crippen LogP contribution in [0.15, 0.2) is 58.6 Å². The van der Waals surface area contributed by atoms with E-state index in [4.69, 9.17) is 12.2 Å². The van der Waals surface area contributed by atoms with Crippen LogP contribution >= 0.6 is 28.1 Å².